The smallest absolute Gasteiger partial charge is 0.227 e. The molecule has 3 rings (SSSR count). The SMILES string of the molecule is CN=C(NCCc1cccs1)N1CCN(C(=O)Cc2cccc(Cl)c2)CC1.I. The maximum Gasteiger partial charge on any atom is 0.227 e. The third kappa shape index (κ3) is 6.63. The van der Waals surface area contributed by atoms with Gasteiger partial charge in [0.2, 0.25) is 5.91 Å². The van der Waals surface area contributed by atoms with Gasteiger partial charge >= 0.3 is 0 Å². The highest BCUT2D eigenvalue weighted by Gasteiger charge is 2.23. The molecular formula is C20H26ClIN4OS. The first-order chi connectivity index (χ1) is 13.2. The largest absolute Gasteiger partial charge is 0.356 e. The van der Waals surface area contributed by atoms with Gasteiger partial charge in [-0.3, -0.25) is 9.79 Å². The van der Waals surface area contributed by atoms with Crippen LogP contribution in [0.1, 0.15) is 10.4 Å². The summed E-state index contributed by atoms with van der Waals surface area (Å²) in [4.78, 5) is 22.5. The first-order valence-electron chi connectivity index (χ1n) is 9.16. The molecule has 28 heavy (non-hydrogen) atoms. The molecule has 0 spiro atoms. The van der Waals surface area contributed by atoms with Crippen LogP contribution in [0.3, 0.4) is 0 Å². The second-order valence-electron chi connectivity index (χ2n) is 6.48. The molecule has 0 radical (unpaired) electrons. The van der Waals surface area contributed by atoms with Crippen molar-refractivity contribution >= 4 is 58.8 Å². The highest BCUT2D eigenvalue weighted by Crippen LogP contribution is 2.13. The van der Waals surface area contributed by atoms with Crippen molar-refractivity contribution in [2.45, 2.75) is 12.8 Å². The molecule has 1 aromatic heterocycles. The third-order valence-corrected chi connectivity index (χ3v) is 5.79. The predicted molar refractivity (Wildman–Crippen MR) is 128 cm³/mol. The van der Waals surface area contributed by atoms with Crippen LogP contribution in [0.4, 0.5) is 0 Å². The molecule has 0 aliphatic carbocycles. The number of carbonyl (C=O) groups excluding carboxylic acids is 1. The topological polar surface area (TPSA) is 47.9 Å². The Morgan fingerprint density at radius 3 is 2.57 bits per heavy atom. The summed E-state index contributed by atoms with van der Waals surface area (Å²) in [5, 5.41) is 6.20. The second kappa shape index (κ2) is 11.6. The van der Waals surface area contributed by atoms with E-state index in [1.165, 1.54) is 4.88 Å². The third-order valence-electron chi connectivity index (χ3n) is 4.62. The number of amides is 1. The Hall–Kier alpha value is -1.32. The fourth-order valence-corrected chi connectivity index (χ4v) is 4.11. The summed E-state index contributed by atoms with van der Waals surface area (Å²) in [6, 6.07) is 11.7. The van der Waals surface area contributed by atoms with Crippen molar-refractivity contribution in [3.63, 3.8) is 0 Å². The van der Waals surface area contributed by atoms with Gasteiger partial charge in [-0.25, -0.2) is 0 Å². The molecule has 152 valence electrons. The van der Waals surface area contributed by atoms with Crippen LogP contribution in [-0.4, -0.2) is 61.4 Å². The second-order valence-corrected chi connectivity index (χ2v) is 7.95. The van der Waals surface area contributed by atoms with Crippen LogP contribution in [0, 0.1) is 0 Å². The number of nitrogens with one attached hydrogen (secondary N) is 1. The normalized spacial score (nSPS) is 14.6. The molecule has 0 atom stereocenters. The molecule has 5 nitrogen and oxygen atoms in total. The molecule has 1 aliphatic heterocycles. The average Bonchev–Trinajstić information content (AvgIpc) is 3.19. The molecule has 0 saturated carbocycles. The fraction of sp³-hybridized carbons (Fsp3) is 0.400. The average molecular weight is 533 g/mol. The molecule has 2 heterocycles. The Morgan fingerprint density at radius 2 is 1.93 bits per heavy atom. The number of aliphatic imine (C=N–C) groups is 1. The molecular weight excluding hydrogens is 507 g/mol. The zero-order valence-corrected chi connectivity index (χ0v) is 19.8. The molecule has 1 aromatic carbocycles. The van der Waals surface area contributed by atoms with Gasteiger partial charge in [-0.15, -0.1) is 35.3 Å². The van der Waals surface area contributed by atoms with Crippen LogP contribution in [0.25, 0.3) is 0 Å². The van der Waals surface area contributed by atoms with E-state index in [1.807, 2.05) is 36.2 Å². The molecule has 1 aliphatic rings. The zero-order chi connectivity index (χ0) is 19.1. The number of rotatable bonds is 5. The minimum Gasteiger partial charge on any atom is -0.356 e. The molecule has 1 N–H and O–H groups in total. The number of piperazine rings is 1. The van der Waals surface area contributed by atoms with E-state index in [9.17, 15) is 4.79 Å². The highest BCUT2D eigenvalue weighted by molar-refractivity contribution is 14.0. The minimum atomic E-state index is 0. The number of hydrogen-bond donors (Lipinski definition) is 1. The van der Waals surface area contributed by atoms with Crippen LogP contribution >= 0.6 is 46.9 Å². The number of carbonyl (C=O) groups is 1. The summed E-state index contributed by atoms with van der Waals surface area (Å²) in [5.41, 5.74) is 0.959. The summed E-state index contributed by atoms with van der Waals surface area (Å²) >= 11 is 7.78. The van der Waals surface area contributed by atoms with Crippen molar-refractivity contribution in [1.82, 2.24) is 15.1 Å². The zero-order valence-electron chi connectivity index (χ0n) is 15.9. The predicted octanol–water partition coefficient (Wildman–Crippen LogP) is 3.52. The van der Waals surface area contributed by atoms with E-state index in [-0.39, 0.29) is 29.9 Å². The first-order valence-corrected chi connectivity index (χ1v) is 10.4. The van der Waals surface area contributed by atoms with Crippen molar-refractivity contribution in [2.75, 3.05) is 39.8 Å². The monoisotopic (exact) mass is 532 g/mol. The van der Waals surface area contributed by atoms with E-state index in [2.05, 4.69) is 32.7 Å². The summed E-state index contributed by atoms with van der Waals surface area (Å²) in [7, 11) is 1.81. The van der Waals surface area contributed by atoms with E-state index >= 15 is 0 Å². The summed E-state index contributed by atoms with van der Waals surface area (Å²) in [6.07, 6.45) is 1.39. The number of benzene rings is 1. The molecule has 1 saturated heterocycles. The molecule has 1 fully saturated rings. The molecule has 0 unspecified atom stereocenters. The Kier molecular flexibility index (Phi) is 9.53. The Bertz CT molecular complexity index is 776. The fourth-order valence-electron chi connectivity index (χ4n) is 3.19. The van der Waals surface area contributed by atoms with Crippen LogP contribution in [0.15, 0.2) is 46.8 Å². The van der Waals surface area contributed by atoms with Crippen molar-refractivity contribution < 1.29 is 4.79 Å². The number of thiophene rings is 1. The lowest BCUT2D eigenvalue weighted by atomic mass is 10.1. The summed E-state index contributed by atoms with van der Waals surface area (Å²) < 4.78 is 0. The number of halogens is 2. The Morgan fingerprint density at radius 1 is 1.18 bits per heavy atom. The van der Waals surface area contributed by atoms with Crippen LogP contribution in [-0.2, 0) is 17.6 Å². The van der Waals surface area contributed by atoms with Crippen LogP contribution in [0.2, 0.25) is 5.02 Å². The Labute approximate surface area is 192 Å². The maximum absolute atomic E-state index is 12.5. The van der Waals surface area contributed by atoms with Gasteiger partial charge in [-0.2, -0.15) is 0 Å². The van der Waals surface area contributed by atoms with Gasteiger partial charge < -0.3 is 15.1 Å². The summed E-state index contributed by atoms with van der Waals surface area (Å²) in [6.45, 7) is 3.87. The molecule has 8 heteroatoms. The van der Waals surface area contributed by atoms with E-state index < -0.39 is 0 Å². The maximum atomic E-state index is 12.5. The Balaban J connectivity index is 0.00000280. The standard InChI is InChI=1S/C20H25ClN4OS.HI/c1-22-20(23-8-7-18-6-3-13-27-18)25-11-9-24(10-12-25)19(26)15-16-4-2-5-17(21)14-16;/h2-6,13-14H,7-12,15H2,1H3,(H,22,23);1H. The van der Waals surface area contributed by atoms with Crippen LogP contribution in [0.5, 0.6) is 0 Å². The summed E-state index contributed by atoms with van der Waals surface area (Å²) in [5.74, 6) is 1.06. The number of hydrogen-bond acceptors (Lipinski definition) is 3. The molecule has 2 aromatic rings. The van der Waals surface area contributed by atoms with E-state index in [0.717, 1.165) is 37.6 Å². The van der Waals surface area contributed by atoms with Gasteiger partial charge in [0.25, 0.3) is 0 Å². The van der Waals surface area contributed by atoms with Crippen molar-refractivity contribution in [3.8, 4) is 0 Å². The quantitative estimate of drug-likeness (QED) is 0.364. The molecule has 1 amide bonds. The highest BCUT2D eigenvalue weighted by atomic mass is 127. The van der Waals surface area contributed by atoms with Gasteiger partial charge in [0.1, 0.15) is 0 Å². The van der Waals surface area contributed by atoms with Gasteiger partial charge in [-0.1, -0.05) is 29.8 Å². The van der Waals surface area contributed by atoms with Gasteiger partial charge in [0, 0.05) is 49.7 Å². The minimum absolute atomic E-state index is 0. The number of nitrogens with zero attached hydrogens (tertiary/aromatic N) is 3. The number of guanidine groups is 1. The van der Waals surface area contributed by atoms with Crippen molar-refractivity contribution in [3.05, 3.63) is 57.2 Å². The molecule has 0 bridgehead atoms. The van der Waals surface area contributed by atoms with Gasteiger partial charge in [0.15, 0.2) is 5.96 Å². The lowest BCUT2D eigenvalue weighted by molar-refractivity contribution is -0.131. The van der Waals surface area contributed by atoms with E-state index in [1.54, 1.807) is 11.3 Å². The van der Waals surface area contributed by atoms with Crippen LogP contribution < -0.4 is 5.32 Å². The lowest BCUT2D eigenvalue weighted by Gasteiger charge is -2.36. The lowest BCUT2D eigenvalue weighted by Crippen LogP contribution is -2.54. The van der Waals surface area contributed by atoms with E-state index in [0.29, 0.717) is 24.5 Å². The van der Waals surface area contributed by atoms with Gasteiger partial charge in [-0.05, 0) is 35.6 Å². The van der Waals surface area contributed by atoms with Crippen molar-refractivity contribution in [2.24, 2.45) is 4.99 Å². The van der Waals surface area contributed by atoms with Gasteiger partial charge in [0.05, 0.1) is 6.42 Å². The van der Waals surface area contributed by atoms with E-state index in [4.69, 9.17) is 11.6 Å². The van der Waals surface area contributed by atoms with Crippen molar-refractivity contribution in [1.29, 1.82) is 0 Å². The first kappa shape index (κ1) is 23.0.